The van der Waals surface area contributed by atoms with Gasteiger partial charge in [0.05, 0.1) is 6.61 Å². The van der Waals surface area contributed by atoms with E-state index in [0.717, 1.165) is 12.8 Å². The van der Waals surface area contributed by atoms with Gasteiger partial charge in [-0.05, 0) is 30.6 Å². The lowest BCUT2D eigenvalue weighted by Crippen LogP contribution is -2.12. The standard InChI is InChI=1S/C9H18O3S/c1-3-9(2)5-4-8(6-9)7-12-13(10)11/h8H,3-7H2,1-2H3,(H,10,11). The fourth-order valence-corrected chi connectivity index (χ4v) is 2.38. The van der Waals surface area contributed by atoms with E-state index in [1.54, 1.807) is 0 Å². The maximum absolute atomic E-state index is 10.3. The fourth-order valence-electron chi connectivity index (χ4n) is 2.07. The average Bonchev–Trinajstić information content (AvgIpc) is 2.45. The normalized spacial score (nSPS) is 36.4. The highest BCUT2D eigenvalue weighted by Gasteiger charge is 2.33. The molecule has 1 aliphatic rings. The molecule has 0 saturated heterocycles. The minimum Gasteiger partial charge on any atom is -0.284 e. The monoisotopic (exact) mass is 206 g/mol. The number of rotatable bonds is 4. The molecule has 3 atom stereocenters. The highest BCUT2D eigenvalue weighted by Crippen LogP contribution is 2.43. The van der Waals surface area contributed by atoms with Gasteiger partial charge in [0.1, 0.15) is 0 Å². The summed E-state index contributed by atoms with van der Waals surface area (Å²) in [5.41, 5.74) is 0.435. The molecule has 4 heteroatoms. The van der Waals surface area contributed by atoms with Gasteiger partial charge in [-0.1, -0.05) is 20.3 Å². The Hall–Kier alpha value is 0.0700. The van der Waals surface area contributed by atoms with Crippen molar-refractivity contribution in [3.63, 3.8) is 0 Å². The number of hydrogen-bond acceptors (Lipinski definition) is 2. The first-order valence-corrected chi connectivity index (χ1v) is 5.83. The highest BCUT2D eigenvalue weighted by molar-refractivity contribution is 7.74. The Labute approximate surface area is 82.4 Å². The van der Waals surface area contributed by atoms with E-state index in [9.17, 15) is 4.21 Å². The van der Waals surface area contributed by atoms with E-state index in [1.165, 1.54) is 12.8 Å². The molecule has 0 radical (unpaired) electrons. The van der Waals surface area contributed by atoms with E-state index < -0.39 is 11.4 Å². The van der Waals surface area contributed by atoms with Gasteiger partial charge in [-0.15, -0.1) is 0 Å². The average molecular weight is 206 g/mol. The maximum Gasteiger partial charge on any atom is 0.301 e. The van der Waals surface area contributed by atoms with E-state index in [0.29, 0.717) is 17.9 Å². The Bertz CT molecular complexity index is 195. The minimum atomic E-state index is -2.09. The van der Waals surface area contributed by atoms with Gasteiger partial charge in [0.15, 0.2) is 0 Å². The molecule has 0 heterocycles. The molecule has 0 bridgehead atoms. The van der Waals surface area contributed by atoms with Crippen molar-refractivity contribution in [3.05, 3.63) is 0 Å². The Morgan fingerprint density at radius 2 is 2.38 bits per heavy atom. The molecule has 0 spiro atoms. The van der Waals surface area contributed by atoms with Gasteiger partial charge in [0.25, 0.3) is 0 Å². The molecule has 1 saturated carbocycles. The Kier molecular flexibility index (Phi) is 3.88. The van der Waals surface area contributed by atoms with Gasteiger partial charge in [-0.25, -0.2) is 0 Å². The van der Waals surface area contributed by atoms with Crippen LogP contribution in [0.15, 0.2) is 0 Å². The summed E-state index contributed by atoms with van der Waals surface area (Å²) in [5.74, 6) is 0.473. The summed E-state index contributed by atoms with van der Waals surface area (Å²) >= 11 is -2.09. The minimum absolute atomic E-state index is 0.429. The van der Waals surface area contributed by atoms with Gasteiger partial charge in [0, 0.05) is 0 Å². The molecular weight excluding hydrogens is 188 g/mol. The zero-order valence-corrected chi connectivity index (χ0v) is 9.10. The topological polar surface area (TPSA) is 46.5 Å². The second-order valence-corrected chi connectivity index (χ2v) is 4.94. The van der Waals surface area contributed by atoms with Crippen LogP contribution in [0.1, 0.15) is 39.5 Å². The van der Waals surface area contributed by atoms with Crippen LogP contribution in [0.5, 0.6) is 0 Å². The molecule has 0 amide bonds. The van der Waals surface area contributed by atoms with Crippen LogP contribution in [0.3, 0.4) is 0 Å². The van der Waals surface area contributed by atoms with Crippen LogP contribution in [-0.4, -0.2) is 15.4 Å². The smallest absolute Gasteiger partial charge is 0.284 e. The zero-order chi connectivity index (χ0) is 9.90. The second-order valence-electron chi connectivity index (χ2n) is 4.27. The van der Waals surface area contributed by atoms with Gasteiger partial charge >= 0.3 is 11.4 Å². The molecule has 0 aromatic heterocycles. The third-order valence-corrected chi connectivity index (χ3v) is 3.53. The summed E-state index contributed by atoms with van der Waals surface area (Å²) in [6.07, 6.45) is 4.66. The molecule has 13 heavy (non-hydrogen) atoms. The van der Waals surface area contributed by atoms with Crippen LogP contribution in [0.4, 0.5) is 0 Å². The molecule has 78 valence electrons. The van der Waals surface area contributed by atoms with Crippen molar-refractivity contribution in [2.45, 2.75) is 39.5 Å². The lowest BCUT2D eigenvalue weighted by molar-refractivity contribution is 0.230. The van der Waals surface area contributed by atoms with E-state index in [2.05, 4.69) is 13.8 Å². The van der Waals surface area contributed by atoms with E-state index >= 15 is 0 Å². The third kappa shape index (κ3) is 3.37. The van der Waals surface area contributed by atoms with Gasteiger partial charge in [-0.3, -0.25) is 8.74 Å². The highest BCUT2D eigenvalue weighted by atomic mass is 32.2. The van der Waals surface area contributed by atoms with Crippen molar-refractivity contribution in [3.8, 4) is 0 Å². The van der Waals surface area contributed by atoms with Crippen LogP contribution in [-0.2, 0) is 15.5 Å². The molecule has 1 aliphatic carbocycles. The van der Waals surface area contributed by atoms with Crippen LogP contribution >= 0.6 is 0 Å². The van der Waals surface area contributed by atoms with Crippen molar-refractivity contribution >= 4 is 11.4 Å². The van der Waals surface area contributed by atoms with Crippen molar-refractivity contribution < 1.29 is 12.9 Å². The predicted octanol–water partition coefficient (Wildman–Crippen LogP) is 2.36. The first kappa shape index (κ1) is 11.1. The molecular formula is C9H18O3S. The molecule has 3 unspecified atom stereocenters. The summed E-state index contributed by atoms with van der Waals surface area (Å²) < 4.78 is 23.4. The lowest BCUT2D eigenvalue weighted by atomic mass is 9.85. The summed E-state index contributed by atoms with van der Waals surface area (Å²) in [4.78, 5) is 0. The van der Waals surface area contributed by atoms with Crippen LogP contribution < -0.4 is 0 Å². The van der Waals surface area contributed by atoms with Gasteiger partial charge in [0.2, 0.25) is 0 Å². The van der Waals surface area contributed by atoms with Crippen LogP contribution in [0.2, 0.25) is 0 Å². The van der Waals surface area contributed by atoms with E-state index in [-0.39, 0.29) is 0 Å². The zero-order valence-electron chi connectivity index (χ0n) is 8.28. The summed E-state index contributed by atoms with van der Waals surface area (Å²) in [7, 11) is 0. The van der Waals surface area contributed by atoms with Gasteiger partial charge in [-0.2, -0.15) is 4.21 Å². The SMILES string of the molecule is CCC1(C)CCC(COS(=O)O)C1. The lowest BCUT2D eigenvalue weighted by Gasteiger charge is -2.21. The van der Waals surface area contributed by atoms with Crippen molar-refractivity contribution in [2.75, 3.05) is 6.61 Å². The van der Waals surface area contributed by atoms with Crippen molar-refractivity contribution in [2.24, 2.45) is 11.3 Å². The van der Waals surface area contributed by atoms with Gasteiger partial charge < -0.3 is 0 Å². The molecule has 1 rings (SSSR count). The van der Waals surface area contributed by atoms with E-state index in [4.69, 9.17) is 8.74 Å². The van der Waals surface area contributed by atoms with Crippen LogP contribution in [0.25, 0.3) is 0 Å². The van der Waals surface area contributed by atoms with E-state index in [1.807, 2.05) is 0 Å². The first-order valence-electron chi connectivity index (χ1n) is 4.80. The largest absolute Gasteiger partial charge is 0.301 e. The molecule has 0 aliphatic heterocycles. The van der Waals surface area contributed by atoms with Crippen molar-refractivity contribution in [1.29, 1.82) is 0 Å². The summed E-state index contributed by atoms with van der Waals surface area (Å²) in [6.45, 7) is 4.91. The maximum atomic E-state index is 10.3. The second kappa shape index (κ2) is 4.53. The predicted molar refractivity (Wildman–Crippen MR) is 52.5 cm³/mol. The quantitative estimate of drug-likeness (QED) is 0.718. The molecule has 1 N–H and O–H groups in total. The fraction of sp³-hybridized carbons (Fsp3) is 1.00. The summed E-state index contributed by atoms with van der Waals surface area (Å²) in [5, 5.41) is 0. The van der Waals surface area contributed by atoms with Crippen LogP contribution in [0, 0.1) is 11.3 Å². The Morgan fingerprint density at radius 3 is 2.85 bits per heavy atom. The Morgan fingerprint density at radius 1 is 1.69 bits per heavy atom. The van der Waals surface area contributed by atoms with Crippen molar-refractivity contribution in [1.82, 2.24) is 0 Å². The number of hydrogen-bond donors (Lipinski definition) is 1. The molecule has 0 aromatic carbocycles. The first-order chi connectivity index (χ1) is 6.06. The summed E-state index contributed by atoms with van der Waals surface area (Å²) in [6, 6.07) is 0. The molecule has 1 fully saturated rings. The Balaban J connectivity index is 2.29. The third-order valence-electron chi connectivity index (χ3n) is 3.20. The molecule has 0 aromatic rings. The molecule has 3 nitrogen and oxygen atoms in total.